The van der Waals surface area contributed by atoms with Crippen molar-refractivity contribution in [1.82, 2.24) is 15.1 Å². The summed E-state index contributed by atoms with van der Waals surface area (Å²) in [6.45, 7) is 6.41. The first-order chi connectivity index (χ1) is 7.41. The molecule has 16 heavy (non-hydrogen) atoms. The third-order valence-corrected chi connectivity index (χ3v) is 3.30. The van der Waals surface area contributed by atoms with E-state index >= 15 is 0 Å². The zero-order chi connectivity index (χ0) is 12.3. The maximum atomic E-state index is 11.7. The molecule has 1 heterocycles. The van der Waals surface area contributed by atoms with E-state index in [0.717, 1.165) is 11.3 Å². The van der Waals surface area contributed by atoms with Crippen molar-refractivity contribution in [2.45, 2.75) is 32.6 Å². The van der Waals surface area contributed by atoms with Gasteiger partial charge in [0.25, 0.3) is 0 Å². The van der Waals surface area contributed by atoms with Crippen LogP contribution < -0.4 is 5.32 Å². The monoisotopic (exact) mass is 241 g/mol. The second kappa shape index (κ2) is 5.39. The number of aromatic nitrogens is 2. The van der Waals surface area contributed by atoms with E-state index in [1.807, 2.05) is 34.0 Å². The number of nitrogens with one attached hydrogen (secondary N) is 1. The van der Waals surface area contributed by atoms with Crippen molar-refractivity contribution < 1.29 is 4.79 Å². The van der Waals surface area contributed by atoms with Crippen LogP contribution >= 0.6 is 12.6 Å². The molecule has 0 spiro atoms. The van der Waals surface area contributed by atoms with Gasteiger partial charge in [-0.2, -0.15) is 17.7 Å². The van der Waals surface area contributed by atoms with Crippen molar-refractivity contribution in [1.29, 1.82) is 0 Å². The van der Waals surface area contributed by atoms with E-state index in [0.29, 0.717) is 6.54 Å². The molecule has 4 nitrogen and oxygen atoms in total. The molecule has 1 amide bonds. The van der Waals surface area contributed by atoms with E-state index in [1.54, 1.807) is 4.68 Å². The Morgan fingerprint density at radius 3 is 2.69 bits per heavy atom. The number of aryl methyl sites for hydroxylation is 2. The fraction of sp³-hybridized carbons (Fsp3) is 0.636. The highest BCUT2D eigenvalue weighted by Crippen LogP contribution is 2.09. The van der Waals surface area contributed by atoms with Crippen molar-refractivity contribution in [2.75, 3.05) is 0 Å². The van der Waals surface area contributed by atoms with Gasteiger partial charge >= 0.3 is 0 Å². The van der Waals surface area contributed by atoms with Crippen molar-refractivity contribution in [2.24, 2.45) is 13.0 Å². The number of hydrogen-bond acceptors (Lipinski definition) is 3. The molecule has 90 valence electrons. The van der Waals surface area contributed by atoms with Crippen LogP contribution in [0.1, 0.15) is 25.1 Å². The molecule has 0 fully saturated rings. The van der Waals surface area contributed by atoms with Gasteiger partial charge in [0.1, 0.15) is 0 Å². The van der Waals surface area contributed by atoms with Crippen molar-refractivity contribution in [3.63, 3.8) is 0 Å². The molecule has 0 aliphatic rings. The fourth-order valence-corrected chi connectivity index (χ4v) is 1.50. The van der Waals surface area contributed by atoms with E-state index in [4.69, 9.17) is 0 Å². The average molecular weight is 241 g/mol. The molecule has 0 aromatic carbocycles. The van der Waals surface area contributed by atoms with E-state index in [2.05, 4.69) is 23.0 Å². The van der Waals surface area contributed by atoms with Crippen LogP contribution in [0.2, 0.25) is 0 Å². The molecule has 0 radical (unpaired) electrons. The number of nitrogens with zero attached hydrogens (tertiary/aromatic N) is 2. The minimum Gasteiger partial charge on any atom is -0.351 e. The van der Waals surface area contributed by atoms with Gasteiger partial charge in [-0.25, -0.2) is 0 Å². The largest absolute Gasteiger partial charge is 0.351 e. The first-order valence-electron chi connectivity index (χ1n) is 5.36. The van der Waals surface area contributed by atoms with Gasteiger partial charge in [-0.3, -0.25) is 9.48 Å². The molecule has 1 aromatic rings. The Morgan fingerprint density at radius 1 is 1.62 bits per heavy atom. The summed E-state index contributed by atoms with van der Waals surface area (Å²) in [6, 6.07) is 0. The molecule has 0 aliphatic carbocycles. The van der Waals surface area contributed by atoms with Gasteiger partial charge in [0.05, 0.1) is 10.9 Å². The molecule has 1 aromatic heterocycles. The second-order valence-electron chi connectivity index (χ2n) is 4.32. The zero-order valence-corrected chi connectivity index (χ0v) is 11.1. The van der Waals surface area contributed by atoms with Crippen LogP contribution in [-0.4, -0.2) is 20.9 Å². The van der Waals surface area contributed by atoms with Gasteiger partial charge in [0.15, 0.2) is 0 Å². The van der Waals surface area contributed by atoms with Crippen LogP contribution in [-0.2, 0) is 18.4 Å². The molecule has 0 saturated carbocycles. The van der Waals surface area contributed by atoms with Gasteiger partial charge in [-0.15, -0.1) is 0 Å². The first kappa shape index (κ1) is 13.1. The summed E-state index contributed by atoms with van der Waals surface area (Å²) in [5, 5.41) is 6.83. The molecule has 0 saturated heterocycles. The number of carbonyl (C=O) groups is 1. The molecule has 5 heteroatoms. The minimum atomic E-state index is -0.253. The number of rotatable bonds is 4. The lowest BCUT2D eigenvalue weighted by molar-refractivity contribution is -0.121. The van der Waals surface area contributed by atoms with Crippen LogP contribution in [0, 0.1) is 12.8 Å². The van der Waals surface area contributed by atoms with Crippen molar-refractivity contribution >= 4 is 18.5 Å². The Hall–Kier alpha value is -0.970. The quantitative estimate of drug-likeness (QED) is 0.781. The van der Waals surface area contributed by atoms with Crippen LogP contribution in [0.15, 0.2) is 6.20 Å². The lowest BCUT2D eigenvalue weighted by Gasteiger charge is -2.14. The highest BCUT2D eigenvalue weighted by atomic mass is 32.1. The topological polar surface area (TPSA) is 46.9 Å². The first-order valence-corrected chi connectivity index (χ1v) is 5.88. The summed E-state index contributed by atoms with van der Waals surface area (Å²) in [5.74, 6) is 0.208. The molecule has 1 atom stereocenters. The van der Waals surface area contributed by atoms with Crippen molar-refractivity contribution in [3.05, 3.63) is 17.5 Å². The molecular formula is C11H19N3OS. The smallest absolute Gasteiger partial charge is 0.233 e. The van der Waals surface area contributed by atoms with E-state index in [1.165, 1.54) is 0 Å². The van der Waals surface area contributed by atoms with Crippen LogP contribution in [0.25, 0.3) is 0 Å². The lowest BCUT2D eigenvalue weighted by Crippen LogP contribution is -2.34. The van der Waals surface area contributed by atoms with Gasteiger partial charge in [0, 0.05) is 25.4 Å². The van der Waals surface area contributed by atoms with Crippen LogP contribution in [0.5, 0.6) is 0 Å². The summed E-state index contributed by atoms with van der Waals surface area (Å²) < 4.78 is 1.75. The predicted molar refractivity (Wildman–Crippen MR) is 67.4 cm³/mol. The third kappa shape index (κ3) is 3.27. The Labute approximate surface area is 102 Å². The van der Waals surface area contributed by atoms with Gasteiger partial charge in [0.2, 0.25) is 5.91 Å². The summed E-state index contributed by atoms with van der Waals surface area (Å²) >= 11 is 4.26. The standard InChI is InChI=1S/C11H19N3OS/c1-7(2)10(16)11(15)12-5-9-6-14(4)13-8(9)3/h6-7,10,16H,5H2,1-4H3,(H,12,15). The molecular weight excluding hydrogens is 222 g/mol. The van der Waals surface area contributed by atoms with Crippen molar-refractivity contribution in [3.8, 4) is 0 Å². The van der Waals surface area contributed by atoms with Crippen LogP contribution in [0.4, 0.5) is 0 Å². The van der Waals surface area contributed by atoms with E-state index < -0.39 is 0 Å². The Balaban J connectivity index is 2.52. The van der Waals surface area contributed by atoms with Gasteiger partial charge in [-0.05, 0) is 12.8 Å². The molecule has 0 bridgehead atoms. The molecule has 1 rings (SSSR count). The Bertz CT molecular complexity index is 373. The maximum absolute atomic E-state index is 11.7. The summed E-state index contributed by atoms with van der Waals surface area (Å²) in [5.41, 5.74) is 1.99. The number of thiol groups is 1. The zero-order valence-electron chi connectivity index (χ0n) is 10.2. The highest BCUT2D eigenvalue weighted by molar-refractivity contribution is 7.81. The predicted octanol–water partition coefficient (Wildman–Crippen LogP) is 1.30. The fourth-order valence-electron chi connectivity index (χ4n) is 1.41. The van der Waals surface area contributed by atoms with E-state index in [9.17, 15) is 4.79 Å². The van der Waals surface area contributed by atoms with Gasteiger partial charge in [-0.1, -0.05) is 13.8 Å². The maximum Gasteiger partial charge on any atom is 0.233 e. The number of amides is 1. The lowest BCUT2D eigenvalue weighted by atomic mass is 10.1. The summed E-state index contributed by atoms with van der Waals surface area (Å²) in [6.07, 6.45) is 1.92. The van der Waals surface area contributed by atoms with Crippen LogP contribution in [0.3, 0.4) is 0 Å². The Morgan fingerprint density at radius 2 is 2.25 bits per heavy atom. The molecule has 0 aliphatic heterocycles. The average Bonchev–Trinajstić information content (AvgIpc) is 2.52. The number of carbonyl (C=O) groups excluding carboxylic acids is 1. The molecule has 1 unspecified atom stereocenters. The SMILES string of the molecule is Cc1nn(C)cc1CNC(=O)C(S)C(C)C. The Kier molecular flexibility index (Phi) is 4.41. The normalized spacial score (nSPS) is 12.9. The third-order valence-electron chi connectivity index (χ3n) is 2.47. The van der Waals surface area contributed by atoms with E-state index in [-0.39, 0.29) is 17.1 Å². The second-order valence-corrected chi connectivity index (χ2v) is 4.88. The minimum absolute atomic E-state index is 0.0263. The number of hydrogen-bond donors (Lipinski definition) is 2. The summed E-state index contributed by atoms with van der Waals surface area (Å²) in [4.78, 5) is 11.7. The molecule has 1 N–H and O–H groups in total. The summed E-state index contributed by atoms with van der Waals surface area (Å²) in [7, 11) is 1.87. The highest BCUT2D eigenvalue weighted by Gasteiger charge is 2.17. The van der Waals surface area contributed by atoms with Gasteiger partial charge < -0.3 is 5.32 Å².